The summed E-state index contributed by atoms with van der Waals surface area (Å²) in [6.45, 7) is 5.45. The average molecular weight is 280 g/mol. The van der Waals surface area contributed by atoms with Gasteiger partial charge in [0, 0.05) is 23.3 Å². The lowest BCUT2D eigenvalue weighted by atomic mass is 9.99. The summed E-state index contributed by atoms with van der Waals surface area (Å²) in [4.78, 5) is 11.3. The molecule has 1 atom stereocenters. The van der Waals surface area contributed by atoms with Crippen molar-refractivity contribution < 1.29 is 9.90 Å². The topological polar surface area (TPSA) is 64.9 Å². The Bertz CT molecular complexity index is 541. The maximum atomic E-state index is 11.3. The van der Waals surface area contributed by atoms with E-state index in [2.05, 4.69) is 17.0 Å². The molecule has 0 radical (unpaired) electrons. The van der Waals surface area contributed by atoms with Crippen LogP contribution in [-0.2, 0) is 4.79 Å². The summed E-state index contributed by atoms with van der Waals surface area (Å²) in [7, 11) is 0. The summed E-state index contributed by atoms with van der Waals surface area (Å²) in [5, 5.41) is 18.4. The van der Waals surface area contributed by atoms with Gasteiger partial charge in [-0.15, -0.1) is 0 Å². The minimum absolute atomic E-state index is 0.337. The van der Waals surface area contributed by atoms with Crippen molar-refractivity contribution in [3.05, 3.63) is 41.7 Å². The second-order valence-electron chi connectivity index (χ2n) is 4.47. The Morgan fingerprint density at radius 3 is 2.74 bits per heavy atom. The van der Waals surface area contributed by atoms with Crippen molar-refractivity contribution >= 4 is 29.5 Å². The standard InChI is InChI=1S/C13H14ClN3O2/c1-9(16-11-5-3-10(14)4-6-11)17-13(2,12(18)19)7-8-15-17/h3-6,8,16H,1,7H2,2H3,(H,18,19)/t13-/m1/s1. The molecule has 0 aliphatic carbocycles. The van der Waals surface area contributed by atoms with Crippen LogP contribution in [0.5, 0.6) is 0 Å². The zero-order valence-electron chi connectivity index (χ0n) is 10.4. The maximum Gasteiger partial charge on any atom is 0.331 e. The molecule has 1 aromatic rings. The van der Waals surface area contributed by atoms with E-state index in [1.807, 2.05) is 0 Å². The normalized spacial score (nSPS) is 21.5. The third-order valence-electron chi connectivity index (χ3n) is 3.00. The van der Waals surface area contributed by atoms with Gasteiger partial charge in [-0.2, -0.15) is 5.10 Å². The number of carboxylic acids is 1. The van der Waals surface area contributed by atoms with Gasteiger partial charge in [0.1, 0.15) is 5.82 Å². The number of hydrogen-bond donors (Lipinski definition) is 2. The number of rotatable bonds is 4. The van der Waals surface area contributed by atoms with E-state index in [1.165, 1.54) is 5.01 Å². The average Bonchev–Trinajstić information content (AvgIpc) is 2.76. The van der Waals surface area contributed by atoms with Gasteiger partial charge in [0.15, 0.2) is 5.54 Å². The van der Waals surface area contributed by atoms with Crippen molar-refractivity contribution in [2.45, 2.75) is 18.9 Å². The highest BCUT2D eigenvalue weighted by Gasteiger charge is 2.43. The van der Waals surface area contributed by atoms with E-state index in [1.54, 1.807) is 37.4 Å². The summed E-state index contributed by atoms with van der Waals surface area (Å²) in [6, 6.07) is 7.04. The highest BCUT2D eigenvalue weighted by atomic mass is 35.5. The van der Waals surface area contributed by atoms with Crippen LogP contribution in [0.1, 0.15) is 13.3 Å². The number of hydrazone groups is 1. The van der Waals surface area contributed by atoms with E-state index >= 15 is 0 Å². The van der Waals surface area contributed by atoms with Crippen LogP contribution < -0.4 is 5.32 Å². The number of nitrogens with one attached hydrogen (secondary N) is 1. The van der Waals surface area contributed by atoms with Gasteiger partial charge < -0.3 is 10.4 Å². The van der Waals surface area contributed by atoms with Gasteiger partial charge in [-0.25, -0.2) is 9.80 Å². The minimum Gasteiger partial charge on any atom is -0.479 e. The molecule has 19 heavy (non-hydrogen) atoms. The Balaban J connectivity index is 2.14. The molecular formula is C13H14ClN3O2. The fourth-order valence-corrected chi connectivity index (χ4v) is 1.94. The smallest absolute Gasteiger partial charge is 0.331 e. The number of nitrogens with zero attached hydrogens (tertiary/aromatic N) is 2. The molecule has 6 heteroatoms. The number of aliphatic carboxylic acids is 1. The van der Waals surface area contributed by atoms with Gasteiger partial charge >= 0.3 is 5.97 Å². The van der Waals surface area contributed by atoms with E-state index in [0.717, 1.165) is 5.69 Å². The van der Waals surface area contributed by atoms with Crippen LogP contribution in [0.25, 0.3) is 0 Å². The van der Waals surface area contributed by atoms with E-state index in [4.69, 9.17) is 11.6 Å². The highest BCUT2D eigenvalue weighted by molar-refractivity contribution is 6.30. The maximum absolute atomic E-state index is 11.3. The summed E-state index contributed by atoms with van der Waals surface area (Å²) in [5.74, 6) is -0.537. The largest absolute Gasteiger partial charge is 0.479 e. The number of halogens is 1. The van der Waals surface area contributed by atoms with Crippen molar-refractivity contribution in [3.63, 3.8) is 0 Å². The molecule has 100 valence electrons. The molecule has 1 aromatic carbocycles. The Labute approximate surface area is 116 Å². The Morgan fingerprint density at radius 1 is 1.53 bits per heavy atom. The molecular weight excluding hydrogens is 266 g/mol. The quantitative estimate of drug-likeness (QED) is 0.889. The first-order chi connectivity index (χ1) is 8.93. The van der Waals surface area contributed by atoms with Crippen molar-refractivity contribution in [1.82, 2.24) is 5.01 Å². The molecule has 0 saturated carbocycles. The summed E-state index contributed by atoms with van der Waals surface area (Å²) in [5.41, 5.74) is -0.333. The predicted octanol–water partition coefficient (Wildman–Crippen LogP) is 2.76. The monoisotopic (exact) mass is 279 g/mol. The van der Waals surface area contributed by atoms with Gasteiger partial charge in [-0.1, -0.05) is 18.2 Å². The number of carbonyl (C=O) groups is 1. The van der Waals surface area contributed by atoms with Crippen molar-refractivity contribution in [3.8, 4) is 0 Å². The second-order valence-corrected chi connectivity index (χ2v) is 4.91. The van der Waals surface area contributed by atoms with Gasteiger partial charge in [0.2, 0.25) is 0 Å². The third kappa shape index (κ3) is 2.56. The van der Waals surface area contributed by atoms with Crippen LogP contribution in [0.4, 0.5) is 5.69 Å². The fourth-order valence-electron chi connectivity index (χ4n) is 1.81. The van der Waals surface area contributed by atoms with E-state index in [0.29, 0.717) is 17.3 Å². The molecule has 1 aliphatic heterocycles. The van der Waals surface area contributed by atoms with E-state index < -0.39 is 11.5 Å². The van der Waals surface area contributed by atoms with Crippen molar-refractivity contribution in [2.24, 2.45) is 5.10 Å². The first-order valence-corrected chi connectivity index (χ1v) is 6.09. The summed E-state index contributed by atoms with van der Waals surface area (Å²) >= 11 is 5.80. The Hall–Kier alpha value is -2.01. The van der Waals surface area contributed by atoms with Crippen LogP contribution in [0.2, 0.25) is 5.02 Å². The number of benzene rings is 1. The molecule has 0 spiro atoms. The van der Waals surface area contributed by atoms with Gasteiger partial charge in [-0.3, -0.25) is 0 Å². The molecule has 0 amide bonds. The molecule has 1 heterocycles. The van der Waals surface area contributed by atoms with Crippen LogP contribution in [-0.4, -0.2) is 27.8 Å². The summed E-state index contributed by atoms with van der Waals surface area (Å²) < 4.78 is 0. The Morgan fingerprint density at radius 2 is 2.16 bits per heavy atom. The minimum atomic E-state index is -1.10. The zero-order valence-corrected chi connectivity index (χ0v) is 11.2. The Kier molecular flexibility index (Phi) is 3.48. The highest BCUT2D eigenvalue weighted by Crippen LogP contribution is 2.29. The molecule has 0 unspecified atom stereocenters. The van der Waals surface area contributed by atoms with Gasteiger partial charge in [0.05, 0.1) is 0 Å². The number of anilines is 1. The molecule has 0 aromatic heterocycles. The lowest BCUT2D eigenvalue weighted by Gasteiger charge is -2.31. The second kappa shape index (κ2) is 4.93. The lowest BCUT2D eigenvalue weighted by Crippen LogP contribution is -2.47. The summed E-state index contributed by atoms with van der Waals surface area (Å²) in [6.07, 6.45) is 1.91. The molecule has 0 saturated heterocycles. The van der Waals surface area contributed by atoms with Crippen LogP contribution in [0.3, 0.4) is 0 Å². The van der Waals surface area contributed by atoms with Gasteiger partial charge in [0.25, 0.3) is 0 Å². The SMILES string of the molecule is C=C(Nc1ccc(Cl)cc1)N1N=CC[C@]1(C)C(=O)O. The molecule has 5 nitrogen and oxygen atoms in total. The molecule has 2 rings (SSSR count). The molecule has 0 bridgehead atoms. The van der Waals surface area contributed by atoms with Crippen molar-refractivity contribution in [1.29, 1.82) is 0 Å². The van der Waals surface area contributed by atoms with Gasteiger partial charge in [-0.05, 0) is 31.2 Å². The predicted molar refractivity (Wildman–Crippen MR) is 75.2 cm³/mol. The van der Waals surface area contributed by atoms with Crippen molar-refractivity contribution in [2.75, 3.05) is 5.32 Å². The first kappa shape index (κ1) is 13.4. The fraction of sp³-hybridized carbons (Fsp3) is 0.231. The number of carboxylic acid groups (broad SMARTS) is 1. The lowest BCUT2D eigenvalue weighted by molar-refractivity contribution is -0.148. The zero-order chi connectivity index (χ0) is 14.0. The van der Waals surface area contributed by atoms with Crippen LogP contribution in [0, 0.1) is 0 Å². The molecule has 0 fully saturated rings. The van der Waals surface area contributed by atoms with Crippen LogP contribution in [0.15, 0.2) is 41.8 Å². The number of hydrogen-bond acceptors (Lipinski definition) is 4. The van der Waals surface area contributed by atoms with E-state index in [-0.39, 0.29) is 0 Å². The first-order valence-electron chi connectivity index (χ1n) is 5.71. The van der Waals surface area contributed by atoms with E-state index in [9.17, 15) is 9.90 Å². The van der Waals surface area contributed by atoms with Crippen LogP contribution >= 0.6 is 11.6 Å². The molecule has 1 aliphatic rings. The molecule has 2 N–H and O–H groups in total. The third-order valence-corrected chi connectivity index (χ3v) is 3.25.